The van der Waals surface area contributed by atoms with E-state index >= 15 is 0 Å². The van der Waals surface area contributed by atoms with Crippen LogP contribution in [0.15, 0.2) is 24.3 Å². The first-order chi connectivity index (χ1) is 7.89. The fraction of sp³-hybridized carbons (Fsp3) is 0.182. The van der Waals surface area contributed by atoms with Crippen LogP contribution in [0.5, 0.6) is 0 Å². The van der Waals surface area contributed by atoms with Crippen LogP contribution in [0.1, 0.15) is 11.3 Å². The zero-order valence-corrected chi connectivity index (χ0v) is 8.97. The first kappa shape index (κ1) is 11.5. The lowest BCUT2D eigenvalue weighted by atomic mass is 10.0. The van der Waals surface area contributed by atoms with Crippen LogP contribution >= 0.6 is 0 Å². The maximum Gasteiger partial charge on any atom is 0.417 e. The van der Waals surface area contributed by atoms with E-state index in [1.807, 2.05) is 0 Å². The lowest BCUT2D eigenvalue weighted by Gasteiger charge is -2.11. The van der Waals surface area contributed by atoms with E-state index in [2.05, 4.69) is 9.97 Å². The number of anilines is 1. The Morgan fingerprint density at radius 3 is 2.41 bits per heavy atom. The summed E-state index contributed by atoms with van der Waals surface area (Å²) in [5, 5.41) is 0. The molecular weight excluding hydrogens is 231 g/mol. The number of rotatable bonds is 1. The van der Waals surface area contributed by atoms with Gasteiger partial charge >= 0.3 is 6.18 Å². The van der Waals surface area contributed by atoms with Gasteiger partial charge in [0.1, 0.15) is 0 Å². The first-order valence-corrected chi connectivity index (χ1v) is 4.88. The molecule has 1 aromatic carbocycles. The molecule has 0 fully saturated rings. The third kappa shape index (κ3) is 2.11. The number of nitrogens with one attached hydrogen (secondary N) is 1. The predicted molar refractivity (Wildman–Crippen MR) is 58.2 cm³/mol. The summed E-state index contributed by atoms with van der Waals surface area (Å²) in [6.45, 7) is 1.63. The van der Waals surface area contributed by atoms with Crippen molar-refractivity contribution in [1.29, 1.82) is 0 Å². The minimum absolute atomic E-state index is 0.0328. The second-order valence-corrected chi connectivity index (χ2v) is 3.64. The number of nitrogen functional groups attached to an aromatic ring is 1. The lowest BCUT2D eigenvalue weighted by Crippen LogP contribution is -2.07. The summed E-state index contributed by atoms with van der Waals surface area (Å²) in [5.41, 5.74) is 5.49. The van der Waals surface area contributed by atoms with Crippen LogP contribution in [0.25, 0.3) is 11.3 Å². The molecule has 0 spiro atoms. The van der Waals surface area contributed by atoms with Gasteiger partial charge in [0.15, 0.2) is 5.95 Å². The number of hydrogen-bond acceptors (Lipinski definition) is 2. The number of aryl methyl sites for hydroxylation is 1. The number of aromatic amines is 1. The van der Waals surface area contributed by atoms with Crippen molar-refractivity contribution in [2.75, 3.05) is 5.73 Å². The predicted octanol–water partition coefficient (Wildman–Crippen LogP) is 2.99. The number of alkyl halides is 3. The molecule has 1 heterocycles. The minimum atomic E-state index is -4.41. The number of halogens is 3. The Balaban J connectivity index is 2.64. The van der Waals surface area contributed by atoms with Gasteiger partial charge in [-0.25, -0.2) is 4.98 Å². The van der Waals surface area contributed by atoms with Crippen molar-refractivity contribution >= 4 is 5.95 Å². The SMILES string of the molecule is Cc1[nH]c(N)nc1-c1ccccc1C(F)(F)F. The van der Waals surface area contributed by atoms with Crippen LogP contribution in [0.2, 0.25) is 0 Å². The summed E-state index contributed by atoms with van der Waals surface area (Å²) < 4.78 is 38.4. The maximum atomic E-state index is 12.8. The Morgan fingerprint density at radius 2 is 1.88 bits per heavy atom. The smallest absolute Gasteiger partial charge is 0.369 e. The van der Waals surface area contributed by atoms with Crippen LogP contribution in [-0.4, -0.2) is 9.97 Å². The zero-order chi connectivity index (χ0) is 12.6. The molecule has 3 nitrogen and oxygen atoms in total. The van der Waals surface area contributed by atoms with E-state index in [0.717, 1.165) is 6.07 Å². The molecule has 0 aliphatic heterocycles. The molecule has 0 saturated carbocycles. The number of hydrogen-bond donors (Lipinski definition) is 2. The van der Waals surface area contributed by atoms with Gasteiger partial charge in [0.25, 0.3) is 0 Å². The van der Waals surface area contributed by atoms with Gasteiger partial charge in [0.2, 0.25) is 0 Å². The van der Waals surface area contributed by atoms with Crippen molar-refractivity contribution in [3.05, 3.63) is 35.5 Å². The van der Waals surface area contributed by atoms with Gasteiger partial charge in [0.05, 0.1) is 11.3 Å². The molecule has 17 heavy (non-hydrogen) atoms. The largest absolute Gasteiger partial charge is 0.417 e. The van der Waals surface area contributed by atoms with Gasteiger partial charge in [0, 0.05) is 11.3 Å². The van der Waals surface area contributed by atoms with Crippen LogP contribution in [0, 0.1) is 6.92 Å². The molecular formula is C11H10F3N3. The Kier molecular flexibility index (Phi) is 2.57. The molecule has 0 amide bonds. The van der Waals surface area contributed by atoms with Crippen molar-refractivity contribution in [3.63, 3.8) is 0 Å². The zero-order valence-electron chi connectivity index (χ0n) is 8.97. The average Bonchev–Trinajstić information content (AvgIpc) is 2.56. The number of H-pyrrole nitrogens is 1. The number of nitrogens with two attached hydrogens (primary N) is 1. The third-order valence-corrected chi connectivity index (χ3v) is 2.39. The van der Waals surface area contributed by atoms with E-state index in [9.17, 15) is 13.2 Å². The second-order valence-electron chi connectivity index (χ2n) is 3.64. The fourth-order valence-electron chi connectivity index (χ4n) is 1.68. The van der Waals surface area contributed by atoms with Gasteiger partial charge in [-0.3, -0.25) is 0 Å². The van der Waals surface area contributed by atoms with Gasteiger partial charge in [-0.2, -0.15) is 13.2 Å². The van der Waals surface area contributed by atoms with Crippen molar-refractivity contribution in [2.24, 2.45) is 0 Å². The van der Waals surface area contributed by atoms with Crippen LogP contribution < -0.4 is 5.73 Å². The fourth-order valence-corrected chi connectivity index (χ4v) is 1.68. The van der Waals surface area contributed by atoms with Crippen LogP contribution in [0.3, 0.4) is 0 Å². The molecule has 2 rings (SSSR count). The highest BCUT2D eigenvalue weighted by Crippen LogP contribution is 2.37. The standard InChI is InChI=1S/C11H10F3N3/c1-6-9(17-10(15)16-6)7-4-2-3-5-8(7)11(12,13)14/h2-5H,1H3,(H3,15,16,17). The van der Waals surface area contributed by atoms with Gasteiger partial charge < -0.3 is 10.7 Å². The number of aromatic nitrogens is 2. The average molecular weight is 241 g/mol. The van der Waals surface area contributed by atoms with Crippen LogP contribution in [0.4, 0.5) is 19.1 Å². The lowest BCUT2D eigenvalue weighted by molar-refractivity contribution is -0.137. The topological polar surface area (TPSA) is 54.7 Å². The van der Waals surface area contributed by atoms with E-state index < -0.39 is 11.7 Å². The molecule has 0 atom stereocenters. The summed E-state index contributed by atoms with van der Waals surface area (Å²) in [5.74, 6) is 0.106. The van der Waals surface area contributed by atoms with Gasteiger partial charge in [-0.15, -0.1) is 0 Å². The molecule has 0 aliphatic rings. The molecule has 0 aliphatic carbocycles. The van der Waals surface area contributed by atoms with E-state index in [4.69, 9.17) is 5.73 Å². The second kappa shape index (κ2) is 3.80. The normalized spacial score (nSPS) is 11.8. The van der Waals surface area contributed by atoms with Crippen molar-refractivity contribution in [2.45, 2.75) is 13.1 Å². The number of imidazole rings is 1. The molecule has 0 unspecified atom stereocenters. The third-order valence-electron chi connectivity index (χ3n) is 2.39. The molecule has 90 valence electrons. The summed E-state index contributed by atoms with van der Waals surface area (Å²) >= 11 is 0. The Morgan fingerprint density at radius 1 is 1.24 bits per heavy atom. The van der Waals surface area contributed by atoms with Gasteiger partial charge in [-0.05, 0) is 13.0 Å². The Hall–Kier alpha value is -1.98. The van der Waals surface area contributed by atoms with E-state index in [-0.39, 0.29) is 17.2 Å². The maximum absolute atomic E-state index is 12.8. The van der Waals surface area contributed by atoms with Crippen molar-refractivity contribution in [1.82, 2.24) is 9.97 Å². The molecule has 0 saturated heterocycles. The molecule has 1 aromatic heterocycles. The first-order valence-electron chi connectivity index (χ1n) is 4.88. The molecule has 2 aromatic rings. The monoisotopic (exact) mass is 241 g/mol. The summed E-state index contributed by atoms with van der Waals surface area (Å²) in [7, 11) is 0. The number of nitrogens with zero attached hydrogens (tertiary/aromatic N) is 1. The summed E-state index contributed by atoms with van der Waals surface area (Å²) in [4.78, 5) is 6.56. The highest BCUT2D eigenvalue weighted by Gasteiger charge is 2.34. The summed E-state index contributed by atoms with van der Waals surface area (Å²) in [6, 6.07) is 5.29. The highest BCUT2D eigenvalue weighted by atomic mass is 19.4. The van der Waals surface area contributed by atoms with E-state index in [0.29, 0.717) is 5.69 Å². The molecule has 3 N–H and O–H groups in total. The quantitative estimate of drug-likeness (QED) is 0.806. The molecule has 6 heteroatoms. The van der Waals surface area contributed by atoms with Crippen molar-refractivity contribution < 1.29 is 13.2 Å². The Bertz CT molecular complexity index is 543. The number of benzene rings is 1. The minimum Gasteiger partial charge on any atom is -0.369 e. The van der Waals surface area contributed by atoms with Gasteiger partial charge in [-0.1, -0.05) is 18.2 Å². The summed E-state index contributed by atoms with van der Waals surface area (Å²) in [6.07, 6.45) is -4.41. The van der Waals surface area contributed by atoms with E-state index in [1.54, 1.807) is 6.92 Å². The molecule has 0 radical (unpaired) electrons. The highest BCUT2D eigenvalue weighted by molar-refractivity contribution is 5.68. The van der Waals surface area contributed by atoms with E-state index in [1.165, 1.54) is 18.2 Å². The van der Waals surface area contributed by atoms with Crippen molar-refractivity contribution in [3.8, 4) is 11.3 Å². The van der Waals surface area contributed by atoms with Crippen LogP contribution in [-0.2, 0) is 6.18 Å². The molecule has 0 bridgehead atoms. The Labute approximate surface area is 95.5 Å².